The van der Waals surface area contributed by atoms with Crippen LogP contribution in [0.25, 0.3) is 28.4 Å². The molecule has 0 unspecified atom stereocenters. The van der Waals surface area contributed by atoms with Gasteiger partial charge in [0.25, 0.3) is 5.91 Å². The van der Waals surface area contributed by atoms with Crippen molar-refractivity contribution in [1.82, 2.24) is 19.4 Å². The lowest BCUT2D eigenvalue weighted by Crippen LogP contribution is -2.11. The summed E-state index contributed by atoms with van der Waals surface area (Å²) in [6, 6.07) is 16.6. The molecular weight excluding hydrogens is 366 g/mol. The highest BCUT2D eigenvalue weighted by atomic mass is 16.3. The molecule has 0 atom stereocenters. The number of hydrogen-bond donors (Lipinski definition) is 1. The van der Waals surface area contributed by atoms with Crippen LogP contribution in [-0.2, 0) is 0 Å². The normalized spacial score (nSPS) is 10.9. The summed E-state index contributed by atoms with van der Waals surface area (Å²) in [7, 11) is 0. The second-order valence-electron chi connectivity index (χ2n) is 6.43. The second kappa shape index (κ2) is 7.05. The van der Waals surface area contributed by atoms with Gasteiger partial charge in [-0.1, -0.05) is 24.3 Å². The Bertz CT molecular complexity index is 1240. The van der Waals surface area contributed by atoms with Gasteiger partial charge in [-0.2, -0.15) is 0 Å². The molecule has 0 aliphatic carbocycles. The Kier molecular flexibility index (Phi) is 4.10. The molecule has 1 N–H and O–H groups in total. The fraction of sp³-hybridized carbons (Fsp3) is 0. The van der Waals surface area contributed by atoms with Gasteiger partial charge in [0.05, 0.1) is 11.9 Å². The number of aromatic nitrogens is 4. The SMILES string of the molecule is O=C(Nc1ccc(-c2cn3cccnc3n2)cc1)c1ccc(-c2cnco2)cc1. The van der Waals surface area contributed by atoms with Crippen LogP contribution >= 0.6 is 0 Å². The van der Waals surface area contributed by atoms with E-state index in [1.807, 2.05) is 59.3 Å². The van der Waals surface area contributed by atoms with Crippen LogP contribution < -0.4 is 5.32 Å². The van der Waals surface area contributed by atoms with Crippen molar-refractivity contribution in [3.8, 4) is 22.6 Å². The number of nitrogens with zero attached hydrogens (tertiary/aromatic N) is 4. The number of fused-ring (bicyclic) bond motifs is 1. The molecule has 5 aromatic rings. The number of anilines is 1. The topological polar surface area (TPSA) is 85.3 Å². The van der Waals surface area contributed by atoms with Crippen LogP contribution in [-0.4, -0.2) is 25.3 Å². The molecule has 0 radical (unpaired) electrons. The smallest absolute Gasteiger partial charge is 0.255 e. The number of nitrogens with one attached hydrogen (secondary N) is 1. The van der Waals surface area contributed by atoms with Crippen molar-refractivity contribution < 1.29 is 9.21 Å². The summed E-state index contributed by atoms with van der Waals surface area (Å²) < 4.78 is 7.13. The Morgan fingerprint density at radius 2 is 1.79 bits per heavy atom. The number of benzene rings is 2. The largest absolute Gasteiger partial charge is 0.444 e. The van der Waals surface area contributed by atoms with Crippen molar-refractivity contribution in [2.75, 3.05) is 5.32 Å². The molecule has 29 heavy (non-hydrogen) atoms. The van der Waals surface area contributed by atoms with Gasteiger partial charge in [-0.3, -0.25) is 9.20 Å². The molecule has 0 saturated heterocycles. The number of oxazole rings is 1. The van der Waals surface area contributed by atoms with Crippen LogP contribution in [0.1, 0.15) is 10.4 Å². The number of carbonyl (C=O) groups excluding carboxylic acids is 1. The number of carbonyl (C=O) groups is 1. The van der Waals surface area contributed by atoms with Crippen molar-refractivity contribution in [3.63, 3.8) is 0 Å². The Hall–Kier alpha value is -4.26. The van der Waals surface area contributed by atoms with Crippen LogP contribution in [0.3, 0.4) is 0 Å². The van der Waals surface area contributed by atoms with E-state index in [-0.39, 0.29) is 5.91 Å². The number of imidazole rings is 1. The van der Waals surface area contributed by atoms with Gasteiger partial charge in [-0.15, -0.1) is 0 Å². The van der Waals surface area contributed by atoms with E-state index in [1.54, 1.807) is 24.5 Å². The fourth-order valence-electron chi connectivity index (χ4n) is 3.04. The molecule has 3 aromatic heterocycles. The molecule has 0 fully saturated rings. The molecule has 1 amide bonds. The fourth-order valence-corrected chi connectivity index (χ4v) is 3.04. The van der Waals surface area contributed by atoms with Crippen molar-refractivity contribution in [2.24, 2.45) is 0 Å². The summed E-state index contributed by atoms with van der Waals surface area (Å²) in [5, 5.41) is 2.91. The van der Waals surface area contributed by atoms with Crippen LogP contribution in [0, 0.1) is 0 Å². The Balaban J connectivity index is 1.31. The molecule has 0 saturated carbocycles. The number of amides is 1. The van der Waals surface area contributed by atoms with Gasteiger partial charge in [0, 0.05) is 41.0 Å². The third kappa shape index (κ3) is 3.37. The minimum absolute atomic E-state index is 0.182. The van der Waals surface area contributed by atoms with E-state index in [9.17, 15) is 4.79 Å². The lowest BCUT2D eigenvalue weighted by molar-refractivity contribution is 0.102. The van der Waals surface area contributed by atoms with E-state index in [0.29, 0.717) is 22.8 Å². The van der Waals surface area contributed by atoms with Crippen LogP contribution in [0.15, 0.2) is 90.2 Å². The van der Waals surface area contributed by atoms with Gasteiger partial charge in [0.2, 0.25) is 5.78 Å². The summed E-state index contributed by atoms with van der Waals surface area (Å²) in [6.07, 6.45) is 8.55. The number of rotatable bonds is 4. The van der Waals surface area contributed by atoms with Crippen LogP contribution in [0.2, 0.25) is 0 Å². The lowest BCUT2D eigenvalue weighted by atomic mass is 10.1. The maximum absolute atomic E-state index is 12.5. The lowest BCUT2D eigenvalue weighted by Gasteiger charge is -2.06. The van der Waals surface area contributed by atoms with Crippen molar-refractivity contribution in [1.29, 1.82) is 0 Å². The van der Waals surface area contributed by atoms with Gasteiger partial charge >= 0.3 is 0 Å². The molecule has 7 heteroatoms. The number of hydrogen-bond acceptors (Lipinski definition) is 5. The third-order valence-corrected chi connectivity index (χ3v) is 4.54. The van der Waals surface area contributed by atoms with E-state index >= 15 is 0 Å². The highest BCUT2D eigenvalue weighted by molar-refractivity contribution is 6.04. The predicted molar refractivity (Wildman–Crippen MR) is 108 cm³/mol. The maximum Gasteiger partial charge on any atom is 0.255 e. The van der Waals surface area contributed by atoms with Gasteiger partial charge in [-0.05, 0) is 30.3 Å². The summed E-state index contributed by atoms with van der Waals surface area (Å²) in [5.41, 5.74) is 3.91. The molecule has 0 aliphatic rings. The van der Waals surface area contributed by atoms with Gasteiger partial charge in [0.15, 0.2) is 12.2 Å². The zero-order chi connectivity index (χ0) is 19.6. The van der Waals surface area contributed by atoms with E-state index in [1.165, 1.54) is 6.39 Å². The molecule has 0 spiro atoms. The van der Waals surface area contributed by atoms with E-state index in [2.05, 4.69) is 20.3 Å². The quantitative estimate of drug-likeness (QED) is 0.502. The minimum Gasteiger partial charge on any atom is -0.444 e. The Morgan fingerprint density at radius 3 is 2.52 bits per heavy atom. The van der Waals surface area contributed by atoms with Gasteiger partial charge < -0.3 is 9.73 Å². The third-order valence-electron chi connectivity index (χ3n) is 4.54. The average Bonchev–Trinajstić information content (AvgIpc) is 3.44. The van der Waals surface area contributed by atoms with Crippen LogP contribution in [0.5, 0.6) is 0 Å². The predicted octanol–water partition coefficient (Wildman–Crippen LogP) is 4.30. The molecular formula is C22H15N5O2. The molecule has 140 valence electrons. The first-order valence-electron chi connectivity index (χ1n) is 8.97. The minimum atomic E-state index is -0.182. The first-order valence-corrected chi connectivity index (χ1v) is 8.97. The molecule has 0 aliphatic heterocycles. The second-order valence-corrected chi connectivity index (χ2v) is 6.43. The van der Waals surface area contributed by atoms with Gasteiger partial charge in [0.1, 0.15) is 0 Å². The highest BCUT2D eigenvalue weighted by Gasteiger charge is 2.09. The summed E-state index contributed by atoms with van der Waals surface area (Å²) in [6.45, 7) is 0. The summed E-state index contributed by atoms with van der Waals surface area (Å²) >= 11 is 0. The summed E-state index contributed by atoms with van der Waals surface area (Å²) in [5.74, 6) is 1.13. The van der Waals surface area contributed by atoms with Gasteiger partial charge in [-0.25, -0.2) is 15.0 Å². The maximum atomic E-state index is 12.5. The zero-order valence-corrected chi connectivity index (χ0v) is 15.2. The monoisotopic (exact) mass is 381 g/mol. The Morgan fingerprint density at radius 1 is 1.00 bits per heavy atom. The molecule has 7 nitrogen and oxygen atoms in total. The molecule has 2 aromatic carbocycles. The van der Waals surface area contributed by atoms with E-state index in [0.717, 1.165) is 16.8 Å². The average molecular weight is 381 g/mol. The zero-order valence-electron chi connectivity index (χ0n) is 15.2. The van der Waals surface area contributed by atoms with Crippen LogP contribution in [0.4, 0.5) is 5.69 Å². The van der Waals surface area contributed by atoms with E-state index in [4.69, 9.17) is 4.42 Å². The van der Waals surface area contributed by atoms with Crippen molar-refractivity contribution >= 4 is 17.4 Å². The standard InChI is InChI=1S/C22H15N5O2/c28-21(17-4-2-16(3-5-17)20-12-23-14-29-20)25-18-8-6-15(7-9-18)19-13-27-11-1-10-24-22(27)26-19/h1-14H,(H,25,28). The highest BCUT2D eigenvalue weighted by Crippen LogP contribution is 2.22. The molecule has 5 rings (SSSR count). The Labute approximate surface area is 165 Å². The molecule has 0 bridgehead atoms. The first kappa shape index (κ1) is 16.9. The van der Waals surface area contributed by atoms with Crippen molar-refractivity contribution in [2.45, 2.75) is 0 Å². The molecule has 3 heterocycles. The first-order chi connectivity index (χ1) is 14.3. The summed E-state index contributed by atoms with van der Waals surface area (Å²) in [4.78, 5) is 25.1. The van der Waals surface area contributed by atoms with Crippen molar-refractivity contribution in [3.05, 3.63) is 91.3 Å². The van der Waals surface area contributed by atoms with E-state index < -0.39 is 0 Å².